The Morgan fingerprint density at radius 3 is 2.85 bits per heavy atom. The summed E-state index contributed by atoms with van der Waals surface area (Å²) >= 11 is 0. The largest absolute Gasteiger partial charge is 0.367 e. The van der Waals surface area contributed by atoms with Crippen molar-refractivity contribution >= 4 is 11.6 Å². The molecule has 1 aromatic carbocycles. The summed E-state index contributed by atoms with van der Waals surface area (Å²) in [6, 6.07) is 8.41. The van der Waals surface area contributed by atoms with Gasteiger partial charge in [-0.1, -0.05) is 18.2 Å². The van der Waals surface area contributed by atoms with Crippen LogP contribution in [0.3, 0.4) is 0 Å². The number of nitrogens with zero attached hydrogens (tertiary/aromatic N) is 7. The summed E-state index contributed by atoms with van der Waals surface area (Å²) in [7, 11) is 0. The first-order valence-electron chi connectivity index (χ1n) is 8.53. The normalized spacial score (nSPS) is 17.5. The SMILES string of the molecule is Cc1ccccc1N1CCN(C(=O)c2cn[nH]c2-n2cnnn2)[C@H](C)C1. The van der Waals surface area contributed by atoms with Gasteiger partial charge in [0.2, 0.25) is 0 Å². The number of aromatic nitrogens is 6. The molecule has 26 heavy (non-hydrogen) atoms. The number of tetrazole rings is 1. The molecule has 1 saturated heterocycles. The molecule has 0 saturated carbocycles. The van der Waals surface area contributed by atoms with Gasteiger partial charge < -0.3 is 9.80 Å². The second kappa shape index (κ2) is 6.58. The Morgan fingerprint density at radius 1 is 1.27 bits per heavy atom. The van der Waals surface area contributed by atoms with Crippen molar-refractivity contribution in [2.75, 3.05) is 24.5 Å². The van der Waals surface area contributed by atoms with Crippen LogP contribution in [0.2, 0.25) is 0 Å². The molecule has 3 aromatic rings. The summed E-state index contributed by atoms with van der Waals surface area (Å²) in [4.78, 5) is 17.3. The Bertz CT molecular complexity index is 903. The molecule has 1 fully saturated rings. The van der Waals surface area contributed by atoms with Crippen LogP contribution in [0.5, 0.6) is 0 Å². The van der Waals surface area contributed by atoms with E-state index in [-0.39, 0.29) is 11.9 Å². The van der Waals surface area contributed by atoms with Gasteiger partial charge in [-0.2, -0.15) is 9.78 Å². The maximum atomic E-state index is 13.1. The van der Waals surface area contributed by atoms with E-state index in [0.29, 0.717) is 17.9 Å². The van der Waals surface area contributed by atoms with Gasteiger partial charge in [0.1, 0.15) is 11.9 Å². The van der Waals surface area contributed by atoms with E-state index in [1.165, 1.54) is 28.5 Å². The monoisotopic (exact) mass is 352 g/mol. The highest BCUT2D eigenvalue weighted by atomic mass is 16.2. The van der Waals surface area contributed by atoms with E-state index in [2.05, 4.69) is 62.7 Å². The number of nitrogens with one attached hydrogen (secondary N) is 1. The molecule has 1 N–H and O–H groups in total. The predicted octanol–water partition coefficient (Wildman–Crippen LogP) is 1.04. The highest BCUT2D eigenvalue weighted by Gasteiger charge is 2.31. The van der Waals surface area contributed by atoms with E-state index < -0.39 is 0 Å². The third kappa shape index (κ3) is 2.81. The number of amides is 1. The van der Waals surface area contributed by atoms with Crippen LogP contribution in [0.4, 0.5) is 5.69 Å². The van der Waals surface area contributed by atoms with Gasteiger partial charge in [-0.3, -0.25) is 9.89 Å². The van der Waals surface area contributed by atoms with Crippen molar-refractivity contribution in [2.45, 2.75) is 19.9 Å². The topological polar surface area (TPSA) is 95.8 Å². The summed E-state index contributed by atoms with van der Waals surface area (Å²) in [6.07, 6.45) is 2.96. The Balaban J connectivity index is 1.53. The number of aromatic amines is 1. The first-order valence-corrected chi connectivity index (χ1v) is 8.53. The Morgan fingerprint density at radius 2 is 2.12 bits per heavy atom. The standard InChI is InChI=1S/C17H20N8O/c1-12-5-3-4-6-15(12)23-7-8-24(13(2)10-23)17(26)14-9-18-20-16(14)25-11-19-21-22-25/h3-6,9,11,13H,7-8,10H2,1-2H3,(H,18,20)/t13-/m1/s1. The van der Waals surface area contributed by atoms with Gasteiger partial charge in [-0.15, -0.1) is 5.10 Å². The summed E-state index contributed by atoms with van der Waals surface area (Å²) in [5.74, 6) is 0.412. The van der Waals surface area contributed by atoms with Gasteiger partial charge in [0.15, 0.2) is 5.82 Å². The number of hydrogen-bond donors (Lipinski definition) is 1. The lowest BCUT2D eigenvalue weighted by Crippen LogP contribution is -2.54. The highest BCUT2D eigenvalue weighted by Crippen LogP contribution is 2.24. The molecule has 0 aliphatic carbocycles. The van der Waals surface area contributed by atoms with Crippen molar-refractivity contribution in [2.24, 2.45) is 0 Å². The number of carbonyl (C=O) groups excluding carboxylic acids is 1. The molecule has 2 aromatic heterocycles. The third-order valence-corrected chi connectivity index (χ3v) is 4.77. The van der Waals surface area contributed by atoms with Crippen LogP contribution in [0, 0.1) is 6.92 Å². The van der Waals surface area contributed by atoms with Crippen molar-refractivity contribution < 1.29 is 4.79 Å². The van der Waals surface area contributed by atoms with Crippen LogP contribution in [-0.2, 0) is 0 Å². The molecule has 134 valence electrons. The zero-order valence-electron chi connectivity index (χ0n) is 14.7. The van der Waals surface area contributed by atoms with Crippen LogP contribution in [0.1, 0.15) is 22.8 Å². The van der Waals surface area contributed by atoms with Crippen molar-refractivity contribution in [3.63, 3.8) is 0 Å². The van der Waals surface area contributed by atoms with Gasteiger partial charge in [0.05, 0.1) is 6.20 Å². The van der Waals surface area contributed by atoms with Gasteiger partial charge in [-0.25, -0.2) is 0 Å². The first kappa shape index (κ1) is 16.2. The fraction of sp³-hybridized carbons (Fsp3) is 0.353. The fourth-order valence-corrected chi connectivity index (χ4v) is 3.43. The van der Waals surface area contributed by atoms with Crippen LogP contribution in [0.15, 0.2) is 36.8 Å². The Labute approximate surface area is 150 Å². The van der Waals surface area contributed by atoms with Gasteiger partial charge in [0.25, 0.3) is 5.91 Å². The molecule has 0 unspecified atom stereocenters. The highest BCUT2D eigenvalue weighted by molar-refractivity contribution is 5.97. The molecule has 0 radical (unpaired) electrons. The smallest absolute Gasteiger partial charge is 0.259 e. The average molecular weight is 352 g/mol. The molecule has 9 nitrogen and oxygen atoms in total. The molecule has 3 heterocycles. The molecular weight excluding hydrogens is 332 g/mol. The van der Waals surface area contributed by atoms with Crippen LogP contribution in [0.25, 0.3) is 5.82 Å². The van der Waals surface area contributed by atoms with Crippen LogP contribution < -0.4 is 4.90 Å². The summed E-state index contributed by atoms with van der Waals surface area (Å²) in [5.41, 5.74) is 2.94. The van der Waals surface area contributed by atoms with Crippen LogP contribution >= 0.6 is 0 Å². The number of anilines is 1. The van der Waals surface area contributed by atoms with E-state index >= 15 is 0 Å². The molecule has 0 spiro atoms. The molecule has 0 bridgehead atoms. The Kier molecular flexibility index (Phi) is 4.11. The zero-order valence-corrected chi connectivity index (χ0v) is 14.7. The number of carbonyl (C=O) groups is 1. The second-order valence-electron chi connectivity index (χ2n) is 6.47. The number of para-hydroxylation sites is 1. The minimum atomic E-state index is -0.0683. The zero-order chi connectivity index (χ0) is 18.1. The predicted molar refractivity (Wildman–Crippen MR) is 95.2 cm³/mol. The molecule has 1 atom stereocenters. The van der Waals surface area contributed by atoms with E-state index in [1.54, 1.807) is 0 Å². The Hall–Kier alpha value is -3.23. The van der Waals surface area contributed by atoms with E-state index in [4.69, 9.17) is 0 Å². The molecule has 4 rings (SSSR count). The lowest BCUT2D eigenvalue weighted by Gasteiger charge is -2.41. The van der Waals surface area contributed by atoms with Crippen molar-refractivity contribution in [1.82, 2.24) is 35.3 Å². The molecular formula is C17H20N8O. The molecule has 1 amide bonds. The van der Waals surface area contributed by atoms with Crippen LogP contribution in [-0.4, -0.2) is 66.9 Å². The molecule has 1 aliphatic rings. The fourth-order valence-electron chi connectivity index (χ4n) is 3.43. The summed E-state index contributed by atoms with van der Waals surface area (Å²) < 4.78 is 1.41. The van der Waals surface area contributed by atoms with Gasteiger partial charge in [-0.05, 0) is 35.9 Å². The number of hydrogen-bond acceptors (Lipinski definition) is 6. The second-order valence-corrected chi connectivity index (χ2v) is 6.47. The maximum absolute atomic E-state index is 13.1. The van der Waals surface area contributed by atoms with E-state index in [9.17, 15) is 4.79 Å². The average Bonchev–Trinajstić information content (AvgIpc) is 3.32. The lowest BCUT2D eigenvalue weighted by molar-refractivity contribution is 0.0674. The van der Waals surface area contributed by atoms with E-state index in [1.807, 2.05) is 11.0 Å². The first-order chi connectivity index (χ1) is 12.6. The summed E-state index contributed by atoms with van der Waals surface area (Å²) in [6.45, 7) is 6.41. The number of aryl methyl sites for hydroxylation is 1. The number of H-pyrrole nitrogens is 1. The minimum Gasteiger partial charge on any atom is -0.367 e. The maximum Gasteiger partial charge on any atom is 0.259 e. The molecule has 9 heteroatoms. The third-order valence-electron chi connectivity index (χ3n) is 4.77. The number of rotatable bonds is 3. The molecule has 1 aliphatic heterocycles. The number of piperazine rings is 1. The van der Waals surface area contributed by atoms with Crippen molar-refractivity contribution in [1.29, 1.82) is 0 Å². The van der Waals surface area contributed by atoms with Gasteiger partial charge in [0, 0.05) is 31.4 Å². The lowest BCUT2D eigenvalue weighted by atomic mass is 10.1. The van der Waals surface area contributed by atoms with Crippen molar-refractivity contribution in [3.8, 4) is 5.82 Å². The van der Waals surface area contributed by atoms with Gasteiger partial charge >= 0.3 is 0 Å². The van der Waals surface area contributed by atoms with E-state index in [0.717, 1.165) is 13.1 Å². The summed E-state index contributed by atoms with van der Waals surface area (Å²) in [5, 5.41) is 17.8. The number of benzene rings is 1. The minimum absolute atomic E-state index is 0.0683. The quantitative estimate of drug-likeness (QED) is 0.757. The van der Waals surface area contributed by atoms with Crippen molar-refractivity contribution in [3.05, 3.63) is 47.9 Å².